The lowest BCUT2D eigenvalue weighted by Gasteiger charge is -2.11. The third kappa shape index (κ3) is 5.89. The zero-order chi connectivity index (χ0) is 22.4. The molecule has 0 radical (unpaired) electrons. The summed E-state index contributed by atoms with van der Waals surface area (Å²) in [7, 11) is 0. The van der Waals surface area contributed by atoms with Gasteiger partial charge in [0.25, 0.3) is 0 Å². The second-order valence-electron chi connectivity index (χ2n) is 7.19. The van der Waals surface area contributed by atoms with Crippen LogP contribution >= 0.6 is 11.6 Å². The first-order valence-electron chi connectivity index (χ1n) is 10.1. The zero-order valence-electron chi connectivity index (χ0n) is 17.9. The molecule has 1 aromatic heterocycles. The van der Waals surface area contributed by atoms with Crippen molar-refractivity contribution in [3.8, 4) is 5.69 Å². The number of aromatic nitrogens is 1. The van der Waals surface area contributed by atoms with Gasteiger partial charge in [-0.25, -0.2) is 4.79 Å². The Morgan fingerprint density at radius 3 is 2.35 bits per heavy atom. The number of halogens is 1. The van der Waals surface area contributed by atoms with Crippen LogP contribution in [0.3, 0.4) is 0 Å². The molecule has 162 valence electrons. The van der Waals surface area contributed by atoms with Crippen molar-refractivity contribution in [2.45, 2.75) is 33.7 Å². The van der Waals surface area contributed by atoms with Gasteiger partial charge in [0, 0.05) is 34.3 Å². The lowest BCUT2D eigenvalue weighted by atomic mass is 10.1. The van der Waals surface area contributed by atoms with Crippen LogP contribution in [0.4, 0.5) is 10.5 Å². The minimum atomic E-state index is -0.297. The molecule has 3 rings (SSSR count). The van der Waals surface area contributed by atoms with Gasteiger partial charge in [0.2, 0.25) is 0 Å². The summed E-state index contributed by atoms with van der Waals surface area (Å²) in [5.74, 6) is -0.267. The number of benzene rings is 2. The zero-order valence-corrected chi connectivity index (χ0v) is 18.6. The van der Waals surface area contributed by atoms with Crippen LogP contribution in [0.1, 0.15) is 29.4 Å². The van der Waals surface area contributed by atoms with Gasteiger partial charge in [-0.15, -0.1) is 0 Å². The summed E-state index contributed by atoms with van der Waals surface area (Å²) < 4.78 is 7.07. The van der Waals surface area contributed by atoms with E-state index in [9.17, 15) is 9.59 Å². The van der Waals surface area contributed by atoms with E-state index in [1.165, 1.54) is 0 Å². The van der Waals surface area contributed by atoms with E-state index in [0.29, 0.717) is 23.9 Å². The number of hydrogen-bond acceptors (Lipinski definition) is 3. The summed E-state index contributed by atoms with van der Waals surface area (Å²) in [6.07, 6.45) is 0.212. The molecule has 6 nitrogen and oxygen atoms in total. The van der Waals surface area contributed by atoms with E-state index in [1.807, 2.05) is 38.1 Å². The number of aryl methyl sites for hydroxylation is 1. The number of urea groups is 1. The van der Waals surface area contributed by atoms with Gasteiger partial charge in [-0.1, -0.05) is 23.7 Å². The number of rotatable bonds is 7. The fourth-order valence-corrected chi connectivity index (χ4v) is 3.56. The van der Waals surface area contributed by atoms with Gasteiger partial charge >= 0.3 is 12.0 Å². The predicted octanol–water partition coefficient (Wildman–Crippen LogP) is 5.17. The van der Waals surface area contributed by atoms with Crippen LogP contribution in [-0.2, 0) is 22.5 Å². The number of carbonyl (C=O) groups excluding carboxylic acids is 2. The molecule has 0 aliphatic heterocycles. The van der Waals surface area contributed by atoms with Crippen molar-refractivity contribution in [3.05, 3.63) is 82.1 Å². The van der Waals surface area contributed by atoms with Gasteiger partial charge in [-0.05, 0) is 74.4 Å². The summed E-state index contributed by atoms with van der Waals surface area (Å²) in [6.45, 7) is 6.60. The second kappa shape index (κ2) is 10.2. The summed E-state index contributed by atoms with van der Waals surface area (Å²) in [5, 5.41) is 6.40. The molecule has 0 saturated heterocycles. The van der Waals surface area contributed by atoms with Crippen LogP contribution in [0.5, 0.6) is 0 Å². The van der Waals surface area contributed by atoms with E-state index >= 15 is 0 Å². The van der Waals surface area contributed by atoms with Gasteiger partial charge < -0.3 is 19.9 Å². The minimum absolute atomic E-state index is 0.212. The molecule has 2 amide bonds. The Morgan fingerprint density at radius 1 is 1.03 bits per heavy atom. The average molecular weight is 440 g/mol. The van der Waals surface area contributed by atoms with Gasteiger partial charge in [0.15, 0.2) is 0 Å². The molecule has 0 aliphatic rings. The number of ether oxygens (including phenoxy) is 1. The summed E-state index contributed by atoms with van der Waals surface area (Å²) in [5.41, 5.74) is 5.68. The third-order valence-electron chi connectivity index (χ3n) is 4.93. The molecule has 0 bridgehead atoms. The average Bonchev–Trinajstić information content (AvgIpc) is 3.02. The Morgan fingerprint density at radius 2 is 1.71 bits per heavy atom. The number of carbonyl (C=O) groups is 2. The molecule has 0 atom stereocenters. The topological polar surface area (TPSA) is 72.4 Å². The Bertz CT molecular complexity index is 1060. The molecule has 2 aromatic carbocycles. The largest absolute Gasteiger partial charge is 0.466 e. The summed E-state index contributed by atoms with van der Waals surface area (Å²) in [6, 6.07) is 16.6. The van der Waals surface area contributed by atoms with Crippen LogP contribution in [0.2, 0.25) is 5.02 Å². The number of anilines is 1. The van der Waals surface area contributed by atoms with E-state index in [4.69, 9.17) is 16.3 Å². The van der Waals surface area contributed by atoms with E-state index < -0.39 is 0 Å². The molecule has 0 aliphatic carbocycles. The molecule has 2 N–H and O–H groups in total. The maximum absolute atomic E-state index is 12.3. The highest BCUT2D eigenvalue weighted by Crippen LogP contribution is 2.22. The van der Waals surface area contributed by atoms with E-state index in [0.717, 1.165) is 28.2 Å². The number of hydrogen-bond donors (Lipinski definition) is 2. The lowest BCUT2D eigenvalue weighted by molar-refractivity contribution is -0.142. The first-order valence-corrected chi connectivity index (χ1v) is 10.5. The van der Waals surface area contributed by atoms with Gasteiger partial charge in [0.1, 0.15) is 0 Å². The molecule has 7 heteroatoms. The van der Waals surface area contributed by atoms with Crippen LogP contribution in [0.25, 0.3) is 5.69 Å². The SMILES string of the molecule is CCOC(=O)Cc1ccc(NC(=O)NCc2cc(C)n(-c3ccc(Cl)cc3)c2C)cc1. The Kier molecular flexibility index (Phi) is 7.36. The van der Waals surface area contributed by atoms with Crippen LogP contribution < -0.4 is 10.6 Å². The van der Waals surface area contributed by atoms with Crippen LogP contribution in [-0.4, -0.2) is 23.2 Å². The molecule has 3 aromatic rings. The molecular formula is C24H26ClN3O3. The van der Waals surface area contributed by atoms with Crippen molar-refractivity contribution in [3.63, 3.8) is 0 Å². The monoisotopic (exact) mass is 439 g/mol. The first kappa shape index (κ1) is 22.4. The fraction of sp³-hybridized carbons (Fsp3) is 0.250. The van der Waals surface area contributed by atoms with Crippen molar-refractivity contribution in [1.82, 2.24) is 9.88 Å². The molecular weight excluding hydrogens is 414 g/mol. The van der Waals surface area contributed by atoms with Crippen molar-refractivity contribution in [1.29, 1.82) is 0 Å². The van der Waals surface area contributed by atoms with Crippen LogP contribution in [0.15, 0.2) is 54.6 Å². The molecule has 0 unspecified atom stereocenters. The normalized spacial score (nSPS) is 10.6. The quantitative estimate of drug-likeness (QED) is 0.498. The standard InChI is InChI=1S/C24H26ClN3O3/c1-4-31-23(29)14-18-5-9-21(10-6-18)27-24(30)26-15-19-13-16(2)28(17(19)3)22-11-7-20(25)8-12-22/h5-13H,4,14-15H2,1-3H3,(H2,26,27,30). The van der Waals surface area contributed by atoms with Gasteiger partial charge in [-0.3, -0.25) is 4.79 Å². The molecule has 0 spiro atoms. The highest BCUT2D eigenvalue weighted by molar-refractivity contribution is 6.30. The first-order chi connectivity index (χ1) is 14.9. The Labute approximate surface area is 187 Å². The third-order valence-corrected chi connectivity index (χ3v) is 5.18. The summed E-state index contributed by atoms with van der Waals surface area (Å²) in [4.78, 5) is 23.9. The molecule has 31 heavy (non-hydrogen) atoms. The van der Waals surface area contributed by atoms with Crippen molar-refractivity contribution < 1.29 is 14.3 Å². The number of esters is 1. The number of amides is 2. The Hall–Kier alpha value is -3.25. The van der Waals surface area contributed by atoms with E-state index in [2.05, 4.69) is 21.3 Å². The summed E-state index contributed by atoms with van der Waals surface area (Å²) >= 11 is 5.99. The minimum Gasteiger partial charge on any atom is -0.466 e. The van der Waals surface area contributed by atoms with Crippen LogP contribution in [0, 0.1) is 13.8 Å². The van der Waals surface area contributed by atoms with Gasteiger partial charge in [0.05, 0.1) is 13.0 Å². The van der Waals surface area contributed by atoms with Crippen molar-refractivity contribution >= 4 is 29.3 Å². The number of nitrogens with one attached hydrogen (secondary N) is 2. The maximum Gasteiger partial charge on any atom is 0.319 e. The highest BCUT2D eigenvalue weighted by Gasteiger charge is 2.12. The van der Waals surface area contributed by atoms with Gasteiger partial charge in [-0.2, -0.15) is 0 Å². The smallest absolute Gasteiger partial charge is 0.319 e. The highest BCUT2D eigenvalue weighted by atomic mass is 35.5. The fourth-order valence-electron chi connectivity index (χ4n) is 3.43. The van der Waals surface area contributed by atoms with Crippen molar-refractivity contribution in [2.75, 3.05) is 11.9 Å². The molecule has 0 saturated carbocycles. The lowest BCUT2D eigenvalue weighted by Crippen LogP contribution is -2.28. The van der Waals surface area contributed by atoms with E-state index in [-0.39, 0.29) is 18.4 Å². The molecule has 1 heterocycles. The molecule has 0 fully saturated rings. The van der Waals surface area contributed by atoms with E-state index in [1.54, 1.807) is 31.2 Å². The second-order valence-corrected chi connectivity index (χ2v) is 7.63. The Balaban J connectivity index is 1.58. The number of nitrogens with zero attached hydrogens (tertiary/aromatic N) is 1. The maximum atomic E-state index is 12.3. The predicted molar refractivity (Wildman–Crippen MR) is 123 cm³/mol. The van der Waals surface area contributed by atoms with Crippen molar-refractivity contribution in [2.24, 2.45) is 0 Å².